The van der Waals surface area contributed by atoms with Gasteiger partial charge in [-0.15, -0.1) is 0 Å². The SMILES string of the molecule is CNC(=O)/C=C/c1ccc(S(=O)(=O)Nc2ccccc2OC)cc1. The summed E-state index contributed by atoms with van der Waals surface area (Å²) in [5, 5.41) is 2.47. The van der Waals surface area contributed by atoms with E-state index in [1.54, 1.807) is 42.5 Å². The number of hydrogen-bond donors (Lipinski definition) is 2. The monoisotopic (exact) mass is 346 g/mol. The standard InChI is InChI=1S/C17H18N2O4S/c1-18-17(20)12-9-13-7-10-14(11-8-13)24(21,22)19-15-5-3-4-6-16(15)23-2/h3-12,19H,1-2H3,(H,18,20)/b12-9+. The van der Waals surface area contributed by atoms with Crippen LogP contribution < -0.4 is 14.8 Å². The van der Waals surface area contributed by atoms with Crippen LogP contribution in [0.2, 0.25) is 0 Å². The number of hydrogen-bond acceptors (Lipinski definition) is 4. The van der Waals surface area contributed by atoms with Crippen LogP contribution in [0, 0.1) is 0 Å². The topological polar surface area (TPSA) is 84.5 Å². The van der Waals surface area contributed by atoms with Gasteiger partial charge in [0.15, 0.2) is 0 Å². The maximum absolute atomic E-state index is 12.4. The number of likely N-dealkylation sites (N-methyl/N-ethyl adjacent to an activating group) is 1. The fraction of sp³-hybridized carbons (Fsp3) is 0.118. The molecule has 0 spiro atoms. The van der Waals surface area contributed by atoms with Crippen molar-refractivity contribution >= 4 is 27.7 Å². The molecule has 2 aromatic carbocycles. The number of anilines is 1. The van der Waals surface area contributed by atoms with Crippen LogP contribution in [0.15, 0.2) is 59.5 Å². The van der Waals surface area contributed by atoms with Crippen LogP contribution in [-0.2, 0) is 14.8 Å². The molecule has 1 amide bonds. The van der Waals surface area contributed by atoms with Gasteiger partial charge in [-0.05, 0) is 35.9 Å². The number of benzene rings is 2. The molecular weight excluding hydrogens is 328 g/mol. The van der Waals surface area contributed by atoms with Gasteiger partial charge >= 0.3 is 0 Å². The molecule has 0 bridgehead atoms. The van der Waals surface area contributed by atoms with Crippen LogP contribution in [0.1, 0.15) is 5.56 Å². The number of nitrogens with one attached hydrogen (secondary N) is 2. The number of sulfonamides is 1. The molecule has 0 unspecified atom stereocenters. The Kier molecular flexibility index (Phi) is 5.59. The second kappa shape index (κ2) is 7.65. The van der Waals surface area contributed by atoms with E-state index in [2.05, 4.69) is 10.0 Å². The lowest BCUT2D eigenvalue weighted by atomic mass is 10.2. The molecule has 0 radical (unpaired) electrons. The van der Waals surface area contributed by atoms with Gasteiger partial charge in [0.05, 0.1) is 17.7 Å². The van der Waals surface area contributed by atoms with Gasteiger partial charge in [0.2, 0.25) is 5.91 Å². The molecule has 2 rings (SSSR count). The highest BCUT2D eigenvalue weighted by Crippen LogP contribution is 2.26. The van der Waals surface area contributed by atoms with Crippen LogP contribution in [0.3, 0.4) is 0 Å². The first-order chi connectivity index (χ1) is 11.5. The molecule has 0 heterocycles. The summed E-state index contributed by atoms with van der Waals surface area (Å²) in [6, 6.07) is 13.0. The number of methoxy groups -OCH3 is 1. The Hall–Kier alpha value is -2.80. The van der Waals surface area contributed by atoms with E-state index >= 15 is 0 Å². The van der Waals surface area contributed by atoms with Gasteiger partial charge in [0, 0.05) is 13.1 Å². The van der Waals surface area contributed by atoms with Crippen molar-refractivity contribution in [3.63, 3.8) is 0 Å². The summed E-state index contributed by atoms with van der Waals surface area (Å²) in [7, 11) is -0.725. The van der Waals surface area contributed by atoms with E-state index in [-0.39, 0.29) is 10.8 Å². The minimum Gasteiger partial charge on any atom is -0.495 e. The van der Waals surface area contributed by atoms with Crippen molar-refractivity contribution in [2.24, 2.45) is 0 Å². The van der Waals surface area contributed by atoms with Gasteiger partial charge in [-0.2, -0.15) is 0 Å². The number of para-hydroxylation sites is 2. The maximum Gasteiger partial charge on any atom is 0.262 e. The van der Waals surface area contributed by atoms with E-state index in [4.69, 9.17) is 4.74 Å². The number of amides is 1. The molecule has 0 aliphatic rings. The van der Waals surface area contributed by atoms with Gasteiger partial charge in [0.25, 0.3) is 10.0 Å². The van der Waals surface area contributed by atoms with Crippen LogP contribution in [0.4, 0.5) is 5.69 Å². The quantitative estimate of drug-likeness (QED) is 0.786. The van der Waals surface area contributed by atoms with E-state index in [9.17, 15) is 13.2 Å². The predicted molar refractivity (Wildman–Crippen MR) is 93.3 cm³/mol. The molecule has 6 nitrogen and oxygen atoms in total. The smallest absolute Gasteiger partial charge is 0.262 e. The van der Waals surface area contributed by atoms with Gasteiger partial charge in [-0.1, -0.05) is 24.3 Å². The second-order valence-corrected chi connectivity index (χ2v) is 6.50. The first-order valence-electron chi connectivity index (χ1n) is 7.12. The van der Waals surface area contributed by atoms with E-state index in [0.717, 1.165) is 5.56 Å². The lowest BCUT2D eigenvalue weighted by Crippen LogP contribution is -2.14. The largest absolute Gasteiger partial charge is 0.495 e. The van der Waals surface area contributed by atoms with Crippen molar-refractivity contribution < 1.29 is 17.9 Å². The Bertz CT molecular complexity index is 843. The summed E-state index contributed by atoms with van der Waals surface area (Å²) in [4.78, 5) is 11.3. The van der Waals surface area contributed by atoms with Gasteiger partial charge in [0.1, 0.15) is 5.75 Å². The third kappa shape index (κ3) is 4.36. The first kappa shape index (κ1) is 17.6. The Balaban J connectivity index is 2.21. The number of carbonyl (C=O) groups excluding carboxylic acids is 1. The summed E-state index contributed by atoms with van der Waals surface area (Å²) >= 11 is 0. The Morgan fingerprint density at radius 2 is 1.75 bits per heavy atom. The predicted octanol–water partition coefficient (Wildman–Crippen LogP) is 2.26. The molecular formula is C17H18N2O4S. The van der Waals surface area contributed by atoms with E-state index in [1.807, 2.05) is 0 Å². The van der Waals surface area contributed by atoms with Crippen molar-refractivity contribution in [3.8, 4) is 5.75 Å². The van der Waals surface area contributed by atoms with Crippen LogP contribution in [-0.4, -0.2) is 28.5 Å². The molecule has 0 aliphatic carbocycles. The van der Waals surface area contributed by atoms with E-state index in [0.29, 0.717) is 11.4 Å². The third-order valence-corrected chi connectivity index (χ3v) is 4.60. The highest BCUT2D eigenvalue weighted by atomic mass is 32.2. The number of rotatable bonds is 6. The van der Waals surface area contributed by atoms with Crippen LogP contribution in [0.25, 0.3) is 6.08 Å². The highest BCUT2D eigenvalue weighted by Gasteiger charge is 2.15. The Labute approximate surface area is 141 Å². The second-order valence-electron chi connectivity index (χ2n) is 4.82. The fourth-order valence-corrected chi connectivity index (χ4v) is 3.02. The molecule has 0 aromatic heterocycles. The maximum atomic E-state index is 12.4. The summed E-state index contributed by atoms with van der Waals surface area (Å²) in [5.74, 6) is 0.204. The van der Waals surface area contributed by atoms with Crippen molar-refractivity contribution in [3.05, 3.63) is 60.2 Å². The minimum absolute atomic E-state index is 0.116. The van der Waals surface area contributed by atoms with E-state index in [1.165, 1.54) is 32.4 Å². The average molecular weight is 346 g/mol. The first-order valence-corrected chi connectivity index (χ1v) is 8.60. The third-order valence-electron chi connectivity index (χ3n) is 3.22. The van der Waals surface area contributed by atoms with Crippen molar-refractivity contribution in [2.75, 3.05) is 18.9 Å². The summed E-state index contributed by atoms with van der Waals surface area (Å²) in [6.07, 6.45) is 2.97. The molecule has 24 heavy (non-hydrogen) atoms. The lowest BCUT2D eigenvalue weighted by molar-refractivity contribution is -0.115. The van der Waals surface area contributed by atoms with Crippen molar-refractivity contribution in [1.82, 2.24) is 5.32 Å². The molecule has 0 atom stereocenters. The molecule has 2 aromatic rings. The summed E-state index contributed by atoms with van der Waals surface area (Å²) in [6.45, 7) is 0. The van der Waals surface area contributed by atoms with Gasteiger partial charge in [-0.3, -0.25) is 9.52 Å². The van der Waals surface area contributed by atoms with E-state index < -0.39 is 10.0 Å². The normalized spacial score (nSPS) is 11.2. The molecule has 0 saturated heterocycles. The highest BCUT2D eigenvalue weighted by molar-refractivity contribution is 7.92. The molecule has 7 heteroatoms. The zero-order chi connectivity index (χ0) is 17.6. The van der Waals surface area contributed by atoms with Crippen LogP contribution >= 0.6 is 0 Å². The van der Waals surface area contributed by atoms with Crippen molar-refractivity contribution in [2.45, 2.75) is 4.90 Å². The Morgan fingerprint density at radius 3 is 2.38 bits per heavy atom. The number of ether oxygens (including phenoxy) is 1. The zero-order valence-corrected chi connectivity index (χ0v) is 14.1. The summed E-state index contributed by atoms with van der Waals surface area (Å²) < 4.78 is 32.5. The molecule has 126 valence electrons. The number of carbonyl (C=O) groups is 1. The van der Waals surface area contributed by atoms with Gasteiger partial charge < -0.3 is 10.1 Å². The van der Waals surface area contributed by atoms with Gasteiger partial charge in [-0.25, -0.2) is 8.42 Å². The van der Waals surface area contributed by atoms with Crippen molar-refractivity contribution in [1.29, 1.82) is 0 Å². The molecule has 0 aliphatic heterocycles. The average Bonchev–Trinajstić information content (AvgIpc) is 2.60. The molecule has 2 N–H and O–H groups in total. The van der Waals surface area contributed by atoms with Crippen LogP contribution in [0.5, 0.6) is 5.75 Å². The minimum atomic E-state index is -3.73. The fourth-order valence-electron chi connectivity index (χ4n) is 1.95. The summed E-state index contributed by atoms with van der Waals surface area (Å²) in [5.41, 5.74) is 1.08. The lowest BCUT2D eigenvalue weighted by Gasteiger charge is -2.11. The zero-order valence-electron chi connectivity index (χ0n) is 13.3. The Morgan fingerprint density at radius 1 is 1.08 bits per heavy atom. The molecule has 0 fully saturated rings. The molecule has 0 saturated carbocycles.